The zero-order valence-electron chi connectivity index (χ0n) is 14.3. The Morgan fingerprint density at radius 2 is 1.67 bits per heavy atom. The maximum absolute atomic E-state index is 12.3. The van der Waals surface area contributed by atoms with E-state index in [1.54, 1.807) is 0 Å². The lowest BCUT2D eigenvalue weighted by Gasteiger charge is -2.41. The molecule has 0 N–H and O–H groups in total. The number of amides is 1. The first kappa shape index (κ1) is 16.8. The molecule has 0 aromatic rings. The zero-order valence-corrected chi connectivity index (χ0v) is 14.3. The minimum absolute atomic E-state index is 0.353. The van der Waals surface area contributed by atoms with Crippen LogP contribution >= 0.6 is 0 Å². The topological polar surface area (TPSA) is 26.8 Å². The van der Waals surface area contributed by atoms with Gasteiger partial charge < -0.3 is 9.80 Å². The number of rotatable bonds is 6. The van der Waals surface area contributed by atoms with Gasteiger partial charge in [-0.05, 0) is 32.1 Å². The average Bonchev–Trinajstić information content (AvgIpc) is 2.40. The number of carbonyl (C=O) groups excluding carboxylic acids is 1. The lowest BCUT2D eigenvalue weighted by molar-refractivity contribution is -0.134. The van der Waals surface area contributed by atoms with Gasteiger partial charge in [-0.25, -0.2) is 0 Å². The zero-order chi connectivity index (χ0) is 15.4. The van der Waals surface area contributed by atoms with Crippen molar-refractivity contribution in [2.45, 2.75) is 46.6 Å². The van der Waals surface area contributed by atoms with Crippen LogP contribution in [0.2, 0.25) is 0 Å². The summed E-state index contributed by atoms with van der Waals surface area (Å²) in [5.41, 5.74) is 0. The van der Waals surface area contributed by atoms with Crippen molar-refractivity contribution in [1.29, 1.82) is 0 Å². The molecule has 0 atom stereocenters. The normalized spacial score (nSPS) is 22.1. The summed E-state index contributed by atoms with van der Waals surface area (Å²) >= 11 is 0. The third-order valence-electron chi connectivity index (χ3n) is 4.88. The highest BCUT2D eigenvalue weighted by Gasteiger charge is 2.28. The van der Waals surface area contributed by atoms with Gasteiger partial charge in [0.2, 0.25) is 5.91 Å². The summed E-state index contributed by atoms with van der Waals surface area (Å²) < 4.78 is 0. The molecule has 0 aromatic heterocycles. The highest BCUT2D eigenvalue weighted by Crippen LogP contribution is 2.23. The van der Waals surface area contributed by atoms with E-state index >= 15 is 0 Å². The molecule has 21 heavy (non-hydrogen) atoms. The largest absolute Gasteiger partial charge is 0.340 e. The van der Waals surface area contributed by atoms with Crippen LogP contribution in [0.3, 0.4) is 0 Å². The predicted octanol–water partition coefficient (Wildman–Crippen LogP) is 1.91. The Hall–Kier alpha value is -0.610. The quantitative estimate of drug-likeness (QED) is 0.749. The molecule has 1 amide bonds. The molecule has 0 aromatic carbocycles. The standard InChI is InChI=1S/C17H33N3O/c1-14(2)11-16-12-18(13-16)6-5-17(21)20-9-7-19(8-10-20)15(3)4/h14-16H,5-13H2,1-4H3. The molecule has 122 valence electrons. The van der Waals surface area contributed by atoms with E-state index in [4.69, 9.17) is 0 Å². The Labute approximate surface area is 130 Å². The van der Waals surface area contributed by atoms with E-state index in [1.807, 2.05) is 0 Å². The minimum atomic E-state index is 0.353. The molecule has 2 heterocycles. The van der Waals surface area contributed by atoms with Gasteiger partial charge in [0.1, 0.15) is 0 Å². The third kappa shape index (κ3) is 4.96. The van der Waals surface area contributed by atoms with Crippen LogP contribution < -0.4 is 0 Å². The maximum Gasteiger partial charge on any atom is 0.223 e. The number of hydrogen-bond acceptors (Lipinski definition) is 3. The summed E-state index contributed by atoms with van der Waals surface area (Å²) in [5.74, 6) is 2.02. The molecule has 2 fully saturated rings. The number of carbonyl (C=O) groups is 1. The molecule has 4 heteroatoms. The molecule has 0 spiro atoms. The lowest BCUT2D eigenvalue weighted by atomic mass is 9.90. The fourth-order valence-corrected chi connectivity index (χ4v) is 3.57. The highest BCUT2D eigenvalue weighted by molar-refractivity contribution is 5.76. The first-order valence-corrected chi connectivity index (χ1v) is 8.70. The van der Waals surface area contributed by atoms with Crippen LogP contribution in [0.25, 0.3) is 0 Å². The van der Waals surface area contributed by atoms with Gasteiger partial charge in [0, 0.05) is 58.3 Å². The van der Waals surface area contributed by atoms with E-state index in [0.717, 1.165) is 44.6 Å². The predicted molar refractivity (Wildman–Crippen MR) is 87.3 cm³/mol. The van der Waals surface area contributed by atoms with Gasteiger partial charge in [-0.2, -0.15) is 0 Å². The van der Waals surface area contributed by atoms with Crippen LogP contribution in [0, 0.1) is 11.8 Å². The van der Waals surface area contributed by atoms with E-state index < -0.39 is 0 Å². The Bertz CT molecular complexity index is 329. The van der Waals surface area contributed by atoms with Crippen LogP contribution in [-0.2, 0) is 4.79 Å². The molecule has 0 unspecified atom stereocenters. The maximum atomic E-state index is 12.3. The van der Waals surface area contributed by atoms with Crippen molar-refractivity contribution < 1.29 is 4.79 Å². The van der Waals surface area contributed by atoms with Gasteiger partial charge >= 0.3 is 0 Å². The highest BCUT2D eigenvalue weighted by atomic mass is 16.2. The molecule has 0 bridgehead atoms. The fourth-order valence-electron chi connectivity index (χ4n) is 3.57. The van der Waals surface area contributed by atoms with Crippen molar-refractivity contribution in [3.8, 4) is 0 Å². The summed E-state index contributed by atoms with van der Waals surface area (Å²) in [7, 11) is 0. The first-order chi connectivity index (χ1) is 9.95. The Morgan fingerprint density at radius 1 is 1.05 bits per heavy atom. The molecule has 0 saturated carbocycles. The van der Waals surface area contributed by atoms with Crippen LogP contribution in [-0.4, -0.2) is 72.5 Å². The monoisotopic (exact) mass is 295 g/mol. The fraction of sp³-hybridized carbons (Fsp3) is 0.941. The SMILES string of the molecule is CC(C)CC1CN(CCC(=O)N2CCN(C(C)C)CC2)C1. The second-order valence-corrected chi connectivity index (χ2v) is 7.52. The van der Waals surface area contributed by atoms with Crippen LogP contribution in [0.4, 0.5) is 0 Å². The summed E-state index contributed by atoms with van der Waals surface area (Å²) in [4.78, 5) is 19.2. The van der Waals surface area contributed by atoms with Crippen molar-refractivity contribution in [1.82, 2.24) is 14.7 Å². The molecule has 0 aliphatic carbocycles. The Morgan fingerprint density at radius 3 is 2.19 bits per heavy atom. The van der Waals surface area contributed by atoms with Gasteiger partial charge in [-0.15, -0.1) is 0 Å². The third-order valence-corrected chi connectivity index (χ3v) is 4.88. The van der Waals surface area contributed by atoms with Gasteiger partial charge in [0.05, 0.1) is 0 Å². The van der Waals surface area contributed by atoms with Crippen molar-refractivity contribution in [3.05, 3.63) is 0 Å². The summed E-state index contributed by atoms with van der Waals surface area (Å²) in [6.07, 6.45) is 2.04. The Kier molecular flexibility index (Phi) is 6.06. The van der Waals surface area contributed by atoms with E-state index in [-0.39, 0.29) is 0 Å². The van der Waals surface area contributed by atoms with E-state index in [1.165, 1.54) is 19.5 Å². The molecule has 0 radical (unpaired) electrons. The Balaban J connectivity index is 1.59. The number of piperazine rings is 1. The van der Waals surface area contributed by atoms with E-state index in [0.29, 0.717) is 18.4 Å². The van der Waals surface area contributed by atoms with Crippen molar-refractivity contribution in [2.24, 2.45) is 11.8 Å². The first-order valence-electron chi connectivity index (χ1n) is 8.70. The molecule has 2 aliphatic heterocycles. The number of nitrogens with zero attached hydrogens (tertiary/aromatic N) is 3. The van der Waals surface area contributed by atoms with Crippen LogP contribution in [0.5, 0.6) is 0 Å². The van der Waals surface area contributed by atoms with E-state index in [2.05, 4.69) is 42.4 Å². The number of likely N-dealkylation sites (tertiary alicyclic amines) is 1. The summed E-state index contributed by atoms with van der Waals surface area (Å²) in [5, 5.41) is 0. The molecular formula is C17H33N3O. The summed E-state index contributed by atoms with van der Waals surface area (Å²) in [6.45, 7) is 16.3. The van der Waals surface area contributed by atoms with Crippen molar-refractivity contribution in [3.63, 3.8) is 0 Å². The van der Waals surface area contributed by atoms with Crippen molar-refractivity contribution >= 4 is 5.91 Å². The summed E-state index contributed by atoms with van der Waals surface area (Å²) in [6, 6.07) is 0.598. The van der Waals surface area contributed by atoms with Crippen LogP contribution in [0.1, 0.15) is 40.5 Å². The van der Waals surface area contributed by atoms with Gasteiger partial charge in [-0.3, -0.25) is 9.69 Å². The second kappa shape index (κ2) is 7.59. The molecule has 2 rings (SSSR count). The molecule has 4 nitrogen and oxygen atoms in total. The molecule has 2 saturated heterocycles. The number of hydrogen-bond donors (Lipinski definition) is 0. The van der Waals surface area contributed by atoms with Crippen LogP contribution in [0.15, 0.2) is 0 Å². The van der Waals surface area contributed by atoms with Gasteiger partial charge in [-0.1, -0.05) is 13.8 Å². The molecule has 2 aliphatic rings. The lowest BCUT2D eigenvalue weighted by Crippen LogP contribution is -2.52. The van der Waals surface area contributed by atoms with Gasteiger partial charge in [0.25, 0.3) is 0 Å². The second-order valence-electron chi connectivity index (χ2n) is 7.52. The molecular weight excluding hydrogens is 262 g/mol. The smallest absolute Gasteiger partial charge is 0.223 e. The van der Waals surface area contributed by atoms with E-state index in [9.17, 15) is 4.79 Å². The average molecular weight is 295 g/mol. The van der Waals surface area contributed by atoms with Gasteiger partial charge in [0.15, 0.2) is 0 Å². The minimum Gasteiger partial charge on any atom is -0.340 e. The van der Waals surface area contributed by atoms with Crippen molar-refractivity contribution in [2.75, 3.05) is 45.8 Å².